The Labute approximate surface area is 185 Å². The average Bonchev–Trinajstić information content (AvgIpc) is 3.39. The fraction of sp³-hybridized carbons (Fsp3) is 0.381. The van der Waals surface area contributed by atoms with Gasteiger partial charge in [0.1, 0.15) is 5.82 Å². The minimum Gasteiger partial charge on any atom is -0.329 e. The van der Waals surface area contributed by atoms with Gasteiger partial charge in [-0.2, -0.15) is 28.2 Å². The predicted octanol–water partition coefficient (Wildman–Crippen LogP) is 3.87. The average molecular weight is 466 g/mol. The van der Waals surface area contributed by atoms with Gasteiger partial charge in [-0.1, -0.05) is 11.6 Å². The summed E-state index contributed by atoms with van der Waals surface area (Å²) < 4.78 is 67.4. The fourth-order valence-electron chi connectivity index (χ4n) is 3.82. The van der Waals surface area contributed by atoms with Crippen LogP contribution in [0.15, 0.2) is 43.0 Å². The lowest BCUT2D eigenvalue weighted by atomic mass is 10.0. The van der Waals surface area contributed by atoms with Gasteiger partial charge in [0.2, 0.25) is 0 Å². The highest BCUT2D eigenvalue weighted by Crippen LogP contribution is 2.38. The van der Waals surface area contributed by atoms with E-state index < -0.39 is 36.0 Å². The SMILES string of the molecule is Cc1ccc(-n2nccn2)c(C(=O)N2CCC(F)(F)[C@H]2CCc2ncc(C(F)(F)F)cn2)c1. The zero-order chi connectivity index (χ0) is 23.8. The molecule has 0 N–H and O–H groups in total. The second kappa shape index (κ2) is 8.49. The van der Waals surface area contributed by atoms with E-state index in [2.05, 4.69) is 20.2 Å². The van der Waals surface area contributed by atoms with Gasteiger partial charge >= 0.3 is 6.18 Å². The summed E-state index contributed by atoms with van der Waals surface area (Å²) in [5.74, 6) is -3.76. The van der Waals surface area contributed by atoms with Crippen LogP contribution in [0.1, 0.15) is 40.2 Å². The Balaban J connectivity index is 1.57. The Morgan fingerprint density at radius 2 is 1.82 bits per heavy atom. The largest absolute Gasteiger partial charge is 0.419 e. The van der Waals surface area contributed by atoms with Gasteiger partial charge in [0, 0.05) is 31.8 Å². The van der Waals surface area contributed by atoms with E-state index >= 15 is 0 Å². The minimum absolute atomic E-state index is 0.00455. The van der Waals surface area contributed by atoms with Crippen LogP contribution < -0.4 is 0 Å². The second-order valence-electron chi connectivity index (χ2n) is 7.79. The summed E-state index contributed by atoms with van der Waals surface area (Å²) in [6.45, 7) is 1.61. The van der Waals surface area contributed by atoms with Crippen molar-refractivity contribution >= 4 is 5.91 Å². The molecule has 0 radical (unpaired) electrons. The third kappa shape index (κ3) is 4.69. The van der Waals surface area contributed by atoms with Crippen LogP contribution in [0.3, 0.4) is 0 Å². The molecule has 7 nitrogen and oxygen atoms in total. The highest BCUT2D eigenvalue weighted by Gasteiger charge is 2.50. The van der Waals surface area contributed by atoms with Crippen molar-refractivity contribution in [1.82, 2.24) is 29.9 Å². The van der Waals surface area contributed by atoms with Crippen LogP contribution in [0.5, 0.6) is 0 Å². The number of hydrogen-bond acceptors (Lipinski definition) is 5. The number of aromatic nitrogens is 5. The third-order valence-electron chi connectivity index (χ3n) is 5.50. The van der Waals surface area contributed by atoms with Crippen LogP contribution in [0.25, 0.3) is 5.69 Å². The van der Waals surface area contributed by atoms with Crippen molar-refractivity contribution in [2.24, 2.45) is 0 Å². The fourth-order valence-corrected chi connectivity index (χ4v) is 3.82. The molecule has 3 aromatic rings. The molecule has 1 fully saturated rings. The molecule has 4 rings (SSSR count). The van der Waals surface area contributed by atoms with E-state index in [1.54, 1.807) is 25.1 Å². The Hall–Kier alpha value is -3.44. The Morgan fingerprint density at radius 3 is 2.45 bits per heavy atom. The van der Waals surface area contributed by atoms with Gasteiger partial charge in [-0.3, -0.25) is 4.79 Å². The molecule has 0 spiro atoms. The van der Waals surface area contributed by atoms with Crippen LogP contribution in [-0.4, -0.2) is 54.3 Å². The third-order valence-corrected chi connectivity index (χ3v) is 5.50. The van der Waals surface area contributed by atoms with Crippen LogP contribution >= 0.6 is 0 Å². The smallest absolute Gasteiger partial charge is 0.329 e. The molecule has 0 unspecified atom stereocenters. The molecule has 3 heterocycles. The van der Waals surface area contributed by atoms with Crippen molar-refractivity contribution in [2.75, 3.05) is 6.54 Å². The lowest BCUT2D eigenvalue weighted by Gasteiger charge is -2.28. The zero-order valence-corrected chi connectivity index (χ0v) is 17.4. The Kier molecular flexibility index (Phi) is 5.85. The van der Waals surface area contributed by atoms with Gasteiger partial charge in [-0.15, -0.1) is 0 Å². The summed E-state index contributed by atoms with van der Waals surface area (Å²) in [5, 5.41) is 8.05. The van der Waals surface area contributed by atoms with E-state index in [0.29, 0.717) is 18.1 Å². The standard InChI is InChI=1S/C21H19F5N6O/c1-13-2-3-16(32-29-7-8-30-32)15(10-13)19(33)31-9-6-20(22,23)17(31)4-5-18-27-11-14(12-28-18)21(24,25)26/h2-3,7-8,10-12,17H,4-6,9H2,1H3/t17-/m1/s1. The second-order valence-corrected chi connectivity index (χ2v) is 7.79. The number of hydrogen-bond donors (Lipinski definition) is 0. The van der Waals surface area contributed by atoms with Crippen molar-refractivity contribution in [1.29, 1.82) is 0 Å². The van der Waals surface area contributed by atoms with Crippen molar-refractivity contribution < 1.29 is 26.7 Å². The summed E-state index contributed by atoms with van der Waals surface area (Å²) in [7, 11) is 0. The number of carbonyl (C=O) groups excluding carboxylic acids is 1. The number of alkyl halides is 5. The number of halogens is 5. The molecule has 0 saturated carbocycles. The quantitative estimate of drug-likeness (QED) is 0.534. The molecule has 1 saturated heterocycles. The summed E-state index contributed by atoms with van der Waals surface area (Å²) in [4.78, 5) is 23.0. The van der Waals surface area contributed by atoms with Crippen LogP contribution in [0, 0.1) is 6.92 Å². The van der Waals surface area contributed by atoms with Crippen molar-refractivity contribution in [3.8, 4) is 5.69 Å². The van der Waals surface area contributed by atoms with Crippen LogP contribution in [0.2, 0.25) is 0 Å². The number of amides is 1. The molecule has 1 amide bonds. The number of carbonyl (C=O) groups is 1. The lowest BCUT2D eigenvalue weighted by molar-refractivity contribution is -0.138. The first kappa shape index (κ1) is 22.7. The van der Waals surface area contributed by atoms with Crippen molar-refractivity contribution in [3.63, 3.8) is 0 Å². The summed E-state index contributed by atoms with van der Waals surface area (Å²) >= 11 is 0. The Morgan fingerprint density at radius 1 is 1.15 bits per heavy atom. The maximum Gasteiger partial charge on any atom is 0.419 e. The first-order valence-electron chi connectivity index (χ1n) is 10.1. The molecule has 1 aromatic carbocycles. The summed E-state index contributed by atoms with van der Waals surface area (Å²) in [6.07, 6.45) is -1.30. The molecule has 12 heteroatoms. The normalized spacial score (nSPS) is 18.0. The zero-order valence-electron chi connectivity index (χ0n) is 17.4. The maximum absolute atomic E-state index is 14.7. The molecule has 174 valence electrons. The van der Waals surface area contributed by atoms with Gasteiger partial charge < -0.3 is 4.90 Å². The van der Waals surface area contributed by atoms with Crippen LogP contribution in [0.4, 0.5) is 22.0 Å². The van der Waals surface area contributed by atoms with Gasteiger partial charge in [0.05, 0.1) is 35.2 Å². The molecular weight excluding hydrogens is 447 g/mol. The minimum atomic E-state index is -4.59. The number of benzene rings is 1. The molecular formula is C21H19F5N6O. The van der Waals surface area contributed by atoms with E-state index in [1.807, 2.05) is 0 Å². The first-order valence-corrected chi connectivity index (χ1v) is 10.1. The number of nitrogens with zero attached hydrogens (tertiary/aromatic N) is 6. The van der Waals surface area contributed by atoms with E-state index in [-0.39, 0.29) is 30.8 Å². The van der Waals surface area contributed by atoms with E-state index in [0.717, 1.165) is 10.5 Å². The van der Waals surface area contributed by atoms with Gasteiger partial charge in [-0.25, -0.2) is 18.7 Å². The van der Waals surface area contributed by atoms with Crippen molar-refractivity contribution in [3.05, 3.63) is 65.5 Å². The van der Waals surface area contributed by atoms with E-state index in [9.17, 15) is 26.7 Å². The monoisotopic (exact) mass is 466 g/mol. The highest BCUT2D eigenvalue weighted by molar-refractivity contribution is 5.98. The highest BCUT2D eigenvalue weighted by atomic mass is 19.4. The molecule has 1 atom stereocenters. The summed E-state index contributed by atoms with van der Waals surface area (Å²) in [6, 6.07) is 3.54. The number of rotatable bonds is 5. The molecule has 33 heavy (non-hydrogen) atoms. The molecule has 1 aliphatic heterocycles. The van der Waals surface area contributed by atoms with E-state index in [4.69, 9.17) is 0 Å². The van der Waals surface area contributed by atoms with Gasteiger partial charge in [-0.05, 0) is 25.5 Å². The Bertz CT molecular complexity index is 1130. The van der Waals surface area contributed by atoms with Gasteiger partial charge in [0.25, 0.3) is 11.8 Å². The maximum atomic E-state index is 14.7. The summed E-state index contributed by atoms with van der Waals surface area (Å²) in [5.41, 5.74) is 0.277. The predicted molar refractivity (Wildman–Crippen MR) is 106 cm³/mol. The van der Waals surface area contributed by atoms with Crippen molar-refractivity contribution in [2.45, 2.75) is 44.3 Å². The number of likely N-dealkylation sites (tertiary alicyclic amines) is 1. The first-order chi connectivity index (χ1) is 15.6. The molecule has 0 bridgehead atoms. The molecule has 0 aliphatic carbocycles. The van der Waals surface area contributed by atoms with Crippen LogP contribution in [-0.2, 0) is 12.6 Å². The van der Waals surface area contributed by atoms with E-state index in [1.165, 1.54) is 17.2 Å². The van der Waals surface area contributed by atoms with Gasteiger partial charge in [0.15, 0.2) is 0 Å². The molecule has 2 aromatic heterocycles. The lowest BCUT2D eigenvalue weighted by Crippen LogP contribution is -2.43. The topological polar surface area (TPSA) is 76.8 Å². The molecule has 1 aliphatic rings. The number of aryl methyl sites for hydroxylation is 2.